The van der Waals surface area contributed by atoms with Crippen molar-refractivity contribution >= 4 is 28.7 Å². The maximum absolute atomic E-state index is 11.3. The van der Waals surface area contributed by atoms with Crippen LogP contribution in [0.2, 0.25) is 0 Å². The van der Waals surface area contributed by atoms with E-state index in [1.165, 1.54) is 22.1 Å². The van der Waals surface area contributed by atoms with Crippen LogP contribution in [0.25, 0.3) is 16.5 Å². The molecule has 5 heteroatoms. The van der Waals surface area contributed by atoms with E-state index in [4.69, 9.17) is 4.98 Å². The first kappa shape index (κ1) is 28.7. The fraction of sp³-hybridized carbons (Fsp3) is 0.216. The zero-order chi connectivity index (χ0) is 29.5. The highest BCUT2D eigenvalue weighted by Gasteiger charge is 2.17. The summed E-state index contributed by atoms with van der Waals surface area (Å²) in [5.41, 5.74) is 11.7. The zero-order valence-corrected chi connectivity index (χ0v) is 24.5. The molecule has 1 aliphatic carbocycles. The van der Waals surface area contributed by atoms with Gasteiger partial charge < -0.3 is 10.6 Å². The number of carbonyl (C=O) groups is 1. The maximum atomic E-state index is 11.3. The van der Waals surface area contributed by atoms with Crippen molar-refractivity contribution in [2.45, 2.75) is 52.4 Å². The average Bonchev–Trinajstić information content (AvgIpc) is 3.01. The molecule has 0 atom stereocenters. The van der Waals surface area contributed by atoms with Gasteiger partial charge >= 0.3 is 0 Å². The molecule has 5 nitrogen and oxygen atoms in total. The standard InChI is InChI=1S/C37H38N4O/c1-5-28-20-34-31(17-18-38-36(34)21-29(28)6-2)19-27-15-16-37(39-23-27)41-26(4)33(30-12-8-7-9-13-30)22-32-25(3)11-10-14-35(32)40-24-42/h7-9,12-13,15-18,20-24H,3-6,10-11,14,19H2,1-2H3,(H,39,41)(H,40,42)/b33-22-. The van der Waals surface area contributed by atoms with Gasteiger partial charge in [0.1, 0.15) is 5.82 Å². The third kappa shape index (κ3) is 6.41. The van der Waals surface area contributed by atoms with Crippen molar-refractivity contribution in [3.8, 4) is 0 Å². The van der Waals surface area contributed by atoms with Crippen molar-refractivity contribution in [3.05, 3.63) is 143 Å². The largest absolute Gasteiger partial charge is 0.340 e. The lowest BCUT2D eigenvalue weighted by Crippen LogP contribution is -2.16. The SMILES string of the molecule is C=C1CCCC(NC=O)=C1/C=C(/C(=C)Nc1ccc(Cc2ccnc3cc(CC)c(CC)cc23)cn1)c1ccccc1. The highest BCUT2D eigenvalue weighted by molar-refractivity contribution is 5.85. The molecule has 2 aromatic heterocycles. The van der Waals surface area contributed by atoms with Crippen LogP contribution in [-0.4, -0.2) is 16.4 Å². The predicted octanol–water partition coefficient (Wildman–Crippen LogP) is 8.09. The van der Waals surface area contributed by atoms with Gasteiger partial charge in [0.15, 0.2) is 0 Å². The molecule has 0 aliphatic heterocycles. The minimum Gasteiger partial charge on any atom is -0.340 e. The summed E-state index contributed by atoms with van der Waals surface area (Å²) >= 11 is 0. The van der Waals surface area contributed by atoms with Gasteiger partial charge in [0, 0.05) is 34.7 Å². The van der Waals surface area contributed by atoms with Crippen LogP contribution in [-0.2, 0) is 24.1 Å². The van der Waals surface area contributed by atoms with Crippen molar-refractivity contribution in [2.75, 3.05) is 5.32 Å². The first-order valence-electron chi connectivity index (χ1n) is 14.7. The number of anilines is 1. The molecule has 4 aromatic rings. The molecule has 1 aliphatic rings. The molecular formula is C37H38N4O. The number of hydrogen-bond donors (Lipinski definition) is 2. The van der Waals surface area contributed by atoms with Crippen molar-refractivity contribution in [2.24, 2.45) is 0 Å². The number of allylic oxidation sites excluding steroid dienone is 5. The third-order valence-corrected chi connectivity index (χ3v) is 7.96. The quantitative estimate of drug-likeness (QED) is 0.145. The molecule has 0 spiro atoms. The molecule has 0 fully saturated rings. The van der Waals surface area contributed by atoms with E-state index in [0.717, 1.165) is 89.7 Å². The van der Waals surface area contributed by atoms with Crippen LogP contribution in [0.1, 0.15) is 60.9 Å². The Balaban J connectivity index is 1.40. The van der Waals surface area contributed by atoms with Gasteiger partial charge in [-0.05, 0) is 108 Å². The van der Waals surface area contributed by atoms with Crippen molar-refractivity contribution in [1.29, 1.82) is 0 Å². The van der Waals surface area contributed by atoms with Crippen LogP contribution in [0, 0.1) is 0 Å². The van der Waals surface area contributed by atoms with Gasteiger partial charge in [-0.1, -0.05) is 63.4 Å². The lowest BCUT2D eigenvalue weighted by atomic mass is 9.89. The highest BCUT2D eigenvalue weighted by Crippen LogP contribution is 2.33. The van der Waals surface area contributed by atoms with Crippen LogP contribution in [0.3, 0.4) is 0 Å². The van der Waals surface area contributed by atoms with Gasteiger partial charge in [-0.25, -0.2) is 4.98 Å². The van der Waals surface area contributed by atoms with E-state index in [1.807, 2.05) is 36.7 Å². The Kier molecular flexibility index (Phi) is 9.08. The molecule has 5 rings (SSSR count). The number of nitrogens with one attached hydrogen (secondary N) is 2. The van der Waals surface area contributed by atoms with Gasteiger partial charge in [-0.3, -0.25) is 9.78 Å². The smallest absolute Gasteiger partial charge is 0.211 e. The fourth-order valence-electron chi connectivity index (χ4n) is 5.67. The van der Waals surface area contributed by atoms with Crippen molar-refractivity contribution < 1.29 is 4.79 Å². The molecule has 0 radical (unpaired) electrons. The summed E-state index contributed by atoms with van der Waals surface area (Å²) in [5, 5.41) is 7.51. The Morgan fingerprint density at radius 2 is 1.74 bits per heavy atom. The fourth-order valence-corrected chi connectivity index (χ4v) is 5.67. The first-order chi connectivity index (χ1) is 20.5. The Labute approximate surface area is 248 Å². The monoisotopic (exact) mass is 554 g/mol. The molecule has 1 amide bonds. The van der Waals surface area contributed by atoms with Gasteiger partial charge in [0.2, 0.25) is 6.41 Å². The summed E-state index contributed by atoms with van der Waals surface area (Å²) in [7, 11) is 0. The molecule has 2 aromatic carbocycles. The van der Waals surface area contributed by atoms with E-state index in [-0.39, 0.29) is 0 Å². The lowest BCUT2D eigenvalue weighted by Gasteiger charge is -2.22. The van der Waals surface area contributed by atoms with Gasteiger partial charge in [0.25, 0.3) is 0 Å². The number of rotatable bonds is 11. The molecule has 0 saturated heterocycles. The van der Waals surface area contributed by atoms with E-state index < -0.39 is 0 Å². The molecular weight excluding hydrogens is 516 g/mol. The third-order valence-electron chi connectivity index (χ3n) is 7.96. The summed E-state index contributed by atoms with van der Waals surface area (Å²) < 4.78 is 0. The number of hydrogen-bond acceptors (Lipinski definition) is 4. The van der Waals surface area contributed by atoms with E-state index in [2.05, 4.69) is 85.1 Å². The summed E-state index contributed by atoms with van der Waals surface area (Å²) in [6.45, 7) is 13.1. The lowest BCUT2D eigenvalue weighted by molar-refractivity contribution is -0.109. The number of aryl methyl sites for hydroxylation is 2. The van der Waals surface area contributed by atoms with Gasteiger partial charge in [-0.2, -0.15) is 0 Å². The zero-order valence-electron chi connectivity index (χ0n) is 24.5. The number of carbonyl (C=O) groups excluding carboxylic acids is 1. The number of amides is 1. The second-order valence-corrected chi connectivity index (χ2v) is 10.7. The molecule has 2 heterocycles. The van der Waals surface area contributed by atoms with E-state index in [9.17, 15) is 4.79 Å². The number of aromatic nitrogens is 2. The Hall–Kier alpha value is -4.77. The van der Waals surface area contributed by atoms with Crippen molar-refractivity contribution in [1.82, 2.24) is 15.3 Å². The van der Waals surface area contributed by atoms with Crippen LogP contribution in [0.5, 0.6) is 0 Å². The molecule has 212 valence electrons. The minimum atomic E-state index is 0.716. The van der Waals surface area contributed by atoms with Crippen LogP contribution >= 0.6 is 0 Å². The van der Waals surface area contributed by atoms with Crippen LogP contribution < -0.4 is 10.6 Å². The number of pyridine rings is 2. The Morgan fingerprint density at radius 3 is 2.45 bits per heavy atom. The van der Waals surface area contributed by atoms with Gasteiger partial charge in [0.05, 0.1) is 5.52 Å². The van der Waals surface area contributed by atoms with Crippen molar-refractivity contribution in [3.63, 3.8) is 0 Å². The number of fused-ring (bicyclic) bond motifs is 1. The molecule has 0 saturated carbocycles. The Bertz CT molecular complexity index is 1680. The van der Waals surface area contributed by atoms with E-state index in [0.29, 0.717) is 5.82 Å². The highest BCUT2D eigenvalue weighted by atomic mass is 16.1. The summed E-state index contributed by atoms with van der Waals surface area (Å²) in [6.07, 6.45) is 12.1. The Morgan fingerprint density at radius 1 is 0.952 bits per heavy atom. The molecule has 0 unspecified atom stereocenters. The van der Waals surface area contributed by atoms with Crippen LogP contribution in [0.15, 0.2) is 115 Å². The van der Waals surface area contributed by atoms with E-state index in [1.54, 1.807) is 0 Å². The van der Waals surface area contributed by atoms with Crippen LogP contribution in [0.4, 0.5) is 5.82 Å². The maximum Gasteiger partial charge on any atom is 0.211 e. The normalized spacial score (nSPS) is 13.8. The first-order valence-corrected chi connectivity index (χ1v) is 14.7. The topological polar surface area (TPSA) is 66.9 Å². The number of nitrogens with zero attached hydrogens (tertiary/aromatic N) is 2. The second kappa shape index (κ2) is 13.3. The number of benzene rings is 2. The summed E-state index contributed by atoms with van der Waals surface area (Å²) in [4.78, 5) is 20.7. The molecule has 0 bridgehead atoms. The average molecular weight is 555 g/mol. The second-order valence-electron chi connectivity index (χ2n) is 10.7. The molecule has 42 heavy (non-hydrogen) atoms. The minimum absolute atomic E-state index is 0.716. The summed E-state index contributed by atoms with van der Waals surface area (Å²) in [6, 6.07) is 20.9. The summed E-state index contributed by atoms with van der Waals surface area (Å²) in [5.74, 6) is 0.716. The van der Waals surface area contributed by atoms with Gasteiger partial charge in [-0.15, -0.1) is 0 Å². The van der Waals surface area contributed by atoms with E-state index >= 15 is 0 Å². The molecule has 2 N–H and O–H groups in total. The predicted molar refractivity (Wildman–Crippen MR) is 174 cm³/mol.